The van der Waals surface area contributed by atoms with Crippen molar-refractivity contribution in [2.75, 3.05) is 10.6 Å². The van der Waals surface area contributed by atoms with Gasteiger partial charge >= 0.3 is 0 Å². The molecular weight excluding hydrogens is 324 g/mol. The number of hydrogen-bond donors (Lipinski definition) is 3. The molecule has 2 aromatic carbocycles. The minimum Gasteiger partial charge on any atom is -0.318 e. The van der Waals surface area contributed by atoms with Crippen LogP contribution in [0.2, 0.25) is 0 Å². The van der Waals surface area contributed by atoms with Gasteiger partial charge in [0, 0.05) is 5.39 Å². The van der Waals surface area contributed by atoms with E-state index in [1.165, 1.54) is 0 Å². The molecule has 0 aliphatic carbocycles. The highest BCUT2D eigenvalue weighted by molar-refractivity contribution is 6.53. The number of aromatic amines is 1. The molecule has 0 radical (unpaired) electrons. The maximum absolute atomic E-state index is 11.4. The molecule has 25 heavy (non-hydrogen) atoms. The Labute approximate surface area is 140 Å². The van der Waals surface area contributed by atoms with Gasteiger partial charge in [-0.3, -0.25) is 24.3 Å². The Morgan fingerprint density at radius 3 is 2.28 bits per heavy atom. The van der Waals surface area contributed by atoms with Gasteiger partial charge < -0.3 is 10.6 Å². The molecule has 0 fully saturated rings. The summed E-state index contributed by atoms with van der Waals surface area (Å²) in [6.07, 6.45) is 1.62. The monoisotopic (exact) mass is 334 g/mol. The number of carbonyl (C=O) groups is 4. The number of carbonyl (C=O) groups excluding carboxylic acids is 4. The van der Waals surface area contributed by atoms with Crippen LogP contribution in [0, 0.1) is 0 Å². The summed E-state index contributed by atoms with van der Waals surface area (Å²) in [5.74, 6) is -2.07. The van der Waals surface area contributed by atoms with Gasteiger partial charge in [-0.1, -0.05) is 12.1 Å². The number of Topliss-reactive ketones (excluding diaryl/α,β-unsaturated/α-hetero) is 2. The van der Waals surface area contributed by atoms with Crippen LogP contribution in [0.4, 0.5) is 11.4 Å². The molecule has 2 aliphatic rings. The first-order valence-electron chi connectivity index (χ1n) is 7.33. The fraction of sp³-hybridized carbons (Fsp3) is 0. The molecule has 8 nitrogen and oxygen atoms in total. The number of benzene rings is 2. The number of H-pyrrole nitrogens is 1. The van der Waals surface area contributed by atoms with Gasteiger partial charge in [0.25, 0.3) is 23.4 Å². The van der Waals surface area contributed by atoms with Crippen LogP contribution in [0.1, 0.15) is 20.7 Å². The number of aromatic nitrogens is 2. The van der Waals surface area contributed by atoms with Crippen molar-refractivity contribution in [3.63, 3.8) is 0 Å². The molecule has 0 bridgehead atoms. The zero-order valence-corrected chi connectivity index (χ0v) is 12.6. The van der Waals surface area contributed by atoms with E-state index < -0.39 is 23.4 Å². The van der Waals surface area contributed by atoms with Gasteiger partial charge in [0.2, 0.25) is 0 Å². The maximum atomic E-state index is 11.4. The lowest BCUT2D eigenvalue weighted by Gasteiger charge is -1.96. The highest BCUT2D eigenvalue weighted by atomic mass is 16.2. The zero-order chi connectivity index (χ0) is 17.6. The second-order valence-electron chi connectivity index (χ2n) is 5.43. The quantitative estimate of drug-likeness (QED) is 0.538. The molecule has 5 rings (SSSR count). The van der Waals surface area contributed by atoms with Crippen LogP contribution in [0.15, 0.2) is 42.6 Å². The Morgan fingerprint density at radius 2 is 1.48 bits per heavy atom. The maximum Gasteiger partial charge on any atom is 0.296 e. The number of para-hydroxylation sites is 1. The second-order valence-corrected chi connectivity index (χ2v) is 5.43. The zero-order valence-electron chi connectivity index (χ0n) is 12.6. The lowest BCUT2D eigenvalue weighted by molar-refractivity contribution is -0.112. The number of nitrogens with one attached hydrogen (secondary N) is 3. The van der Waals surface area contributed by atoms with E-state index >= 15 is 0 Å². The second kappa shape index (κ2) is 5.38. The lowest BCUT2D eigenvalue weighted by atomic mass is 10.1. The van der Waals surface area contributed by atoms with Crippen LogP contribution in [-0.4, -0.2) is 33.6 Å². The summed E-state index contributed by atoms with van der Waals surface area (Å²) in [5.41, 5.74) is 2.65. The van der Waals surface area contributed by atoms with Crippen LogP contribution < -0.4 is 10.6 Å². The van der Waals surface area contributed by atoms with Crippen LogP contribution in [0.5, 0.6) is 0 Å². The summed E-state index contributed by atoms with van der Waals surface area (Å²) in [6, 6.07) is 10.4. The Kier molecular flexibility index (Phi) is 3.17. The van der Waals surface area contributed by atoms with Crippen molar-refractivity contribution in [3.8, 4) is 0 Å². The topological polar surface area (TPSA) is 121 Å². The standard InChI is InChI=1S/C9H5N3O2.C8H5NO2/c13-8-6-5(11-9(8)14)2-1-4-3-10-12-7(4)6;10-7-5-3-1-2-4-6(5)9-8(7)11/h1-3H,(H,10,12)(H,11,13,14);1-4H,(H,9,10,11). The Hall–Kier alpha value is -3.81. The number of nitrogens with zero attached hydrogens (tertiary/aromatic N) is 1. The molecule has 3 heterocycles. The molecular formula is C17H10N4O4. The third-order valence-electron chi connectivity index (χ3n) is 3.93. The number of hydrogen-bond acceptors (Lipinski definition) is 5. The highest BCUT2D eigenvalue weighted by Crippen LogP contribution is 2.29. The van der Waals surface area contributed by atoms with Crippen LogP contribution >= 0.6 is 0 Å². The van der Waals surface area contributed by atoms with Crippen molar-refractivity contribution in [2.24, 2.45) is 0 Å². The average molecular weight is 334 g/mol. The minimum atomic E-state index is -0.581. The van der Waals surface area contributed by atoms with Crippen LogP contribution in [-0.2, 0) is 9.59 Å². The predicted molar refractivity (Wildman–Crippen MR) is 88.5 cm³/mol. The lowest BCUT2D eigenvalue weighted by Crippen LogP contribution is -2.12. The fourth-order valence-electron chi connectivity index (χ4n) is 2.74. The molecule has 3 N–H and O–H groups in total. The van der Waals surface area contributed by atoms with Crippen molar-refractivity contribution >= 4 is 45.7 Å². The molecule has 8 heteroatoms. The number of fused-ring (bicyclic) bond motifs is 4. The van der Waals surface area contributed by atoms with Crippen molar-refractivity contribution in [1.29, 1.82) is 0 Å². The molecule has 0 saturated carbocycles. The summed E-state index contributed by atoms with van der Waals surface area (Å²) < 4.78 is 0. The smallest absolute Gasteiger partial charge is 0.296 e. The average Bonchev–Trinajstić information content (AvgIpc) is 3.27. The summed E-state index contributed by atoms with van der Waals surface area (Å²) in [7, 11) is 0. The van der Waals surface area contributed by atoms with Crippen molar-refractivity contribution in [3.05, 3.63) is 53.7 Å². The van der Waals surface area contributed by atoms with Gasteiger partial charge in [0.1, 0.15) is 0 Å². The molecule has 0 saturated heterocycles. The first kappa shape index (κ1) is 14.8. The molecule has 1 aromatic heterocycles. The number of rotatable bonds is 0. The summed E-state index contributed by atoms with van der Waals surface area (Å²) in [6.45, 7) is 0. The van der Waals surface area contributed by atoms with Gasteiger partial charge in [-0.2, -0.15) is 5.10 Å². The Balaban J connectivity index is 0.000000129. The molecule has 0 spiro atoms. The number of ketones is 2. The van der Waals surface area contributed by atoms with E-state index in [4.69, 9.17) is 0 Å². The summed E-state index contributed by atoms with van der Waals surface area (Å²) >= 11 is 0. The summed E-state index contributed by atoms with van der Waals surface area (Å²) in [5, 5.41) is 12.3. The molecule has 122 valence electrons. The Bertz CT molecular complexity index is 1080. The number of anilines is 2. The van der Waals surface area contributed by atoms with Crippen LogP contribution in [0.3, 0.4) is 0 Å². The van der Waals surface area contributed by atoms with E-state index in [9.17, 15) is 19.2 Å². The molecule has 0 atom stereocenters. The van der Waals surface area contributed by atoms with E-state index in [1.54, 1.807) is 42.6 Å². The largest absolute Gasteiger partial charge is 0.318 e. The van der Waals surface area contributed by atoms with Gasteiger partial charge in [-0.05, 0) is 24.3 Å². The molecule has 0 unspecified atom stereocenters. The van der Waals surface area contributed by atoms with E-state index in [2.05, 4.69) is 20.8 Å². The normalized spacial score (nSPS) is 14.6. The van der Waals surface area contributed by atoms with Crippen molar-refractivity contribution in [2.45, 2.75) is 0 Å². The predicted octanol–water partition coefficient (Wildman–Crippen LogP) is 1.52. The van der Waals surface area contributed by atoms with E-state index in [0.29, 0.717) is 28.0 Å². The van der Waals surface area contributed by atoms with Crippen molar-refractivity contribution in [1.82, 2.24) is 10.2 Å². The minimum absolute atomic E-state index is 0.394. The SMILES string of the molecule is O=C1Nc2ccc3cn[nH]c3c2C1=O.O=C1Nc2ccccc2C1=O. The van der Waals surface area contributed by atoms with Crippen molar-refractivity contribution < 1.29 is 19.2 Å². The van der Waals surface area contributed by atoms with E-state index in [1.807, 2.05) is 0 Å². The Morgan fingerprint density at radius 1 is 0.760 bits per heavy atom. The molecule has 3 aromatic rings. The first-order chi connectivity index (χ1) is 12.1. The van der Waals surface area contributed by atoms with Crippen LogP contribution in [0.25, 0.3) is 10.9 Å². The third-order valence-corrected chi connectivity index (χ3v) is 3.93. The highest BCUT2D eigenvalue weighted by Gasteiger charge is 2.30. The first-order valence-corrected chi connectivity index (χ1v) is 7.33. The van der Waals surface area contributed by atoms with Gasteiger partial charge in [0.05, 0.1) is 34.2 Å². The fourth-order valence-corrected chi connectivity index (χ4v) is 2.74. The van der Waals surface area contributed by atoms with Gasteiger partial charge in [-0.25, -0.2) is 0 Å². The van der Waals surface area contributed by atoms with E-state index in [0.717, 1.165) is 5.39 Å². The number of amides is 2. The third kappa shape index (κ3) is 2.27. The molecule has 2 aliphatic heterocycles. The van der Waals surface area contributed by atoms with E-state index in [-0.39, 0.29) is 0 Å². The van der Waals surface area contributed by atoms with Gasteiger partial charge in [0.15, 0.2) is 0 Å². The van der Waals surface area contributed by atoms with Gasteiger partial charge in [-0.15, -0.1) is 0 Å². The molecule has 2 amide bonds. The summed E-state index contributed by atoms with van der Waals surface area (Å²) in [4.78, 5) is 44.3.